The number of amides is 2. The number of benzene rings is 1. The number of hydrogen-bond donors (Lipinski definition) is 2. The number of anilines is 1. The molecular formula is C15H15BrN2O2S. The number of halogens is 1. The van der Waals surface area contributed by atoms with Crippen molar-refractivity contribution in [3.05, 3.63) is 50.6 Å². The van der Waals surface area contributed by atoms with E-state index in [4.69, 9.17) is 0 Å². The van der Waals surface area contributed by atoms with Crippen LogP contribution in [0.5, 0.6) is 0 Å². The van der Waals surface area contributed by atoms with E-state index in [1.165, 1.54) is 11.3 Å². The van der Waals surface area contributed by atoms with Crippen LogP contribution in [0.2, 0.25) is 0 Å². The predicted octanol–water partition coefficient (Wildman–Crippen LogP) is 3.58. The molecule has 2 rings (SSSR count). The Morgan fingerprint density at radius 1 is 1.29 bits per heavy atom. The summed E-state index contributed by atoms with van der Waals surface area (Å²) in [6.07, 6.45) is 0.241. The number of rotatable bonds is 5. The van der Waals surface area contributed by atoms with Crippen LogP contribution in [0.3, 0.4) is 0 Å². The Kier molecular flexibility index (Phi) is 5.52. The van der Waals surface area contributed by atoms with Crippen LogP contribution in [0.4, 0.5) is 5.69 Å². The van der Waals surface area contributed by atoms with E-state index in [2.05, 4.69) is 26.6 Å². The Morgan fingerprint density at radius 2 is 2.10 bits per heavy atom. The van der Waals surface area contributed by atoms with Crippen LogP contribution in [0.25, 0.3) is 0 Å². The smallest absolute Gasteiger partial charge is 0.252 e. The summed E-state index contributed by atoms with van der Waals surface area (Å²) in [5.41, 5.74) is 2.40. The third-order valence-electron chi connectivity index (χ3n) is 2.88. The quantitative estimate of drug-likeness (QED) is 0.849. The highest BCUT2D eigenvalue weighted by molar-refractivity contribution is 9.10. The van der Waals surface area contributed by atoms with Crippen molar-refractivity contribution in [3.63, 3.8) is 0 Å². The molecule has 0 aliphatic heterocycles. The first-order valence-corrected chi connectivity index (χ1v) is 8.16. The van der Waals surface area contributed by atoms with Crippen molar-refractivity contribution in [2.75, 3.05) is 11.9 Å². The van der Waals surface area contributed by atoms with Crippen LogP contribution in [-0.4, -0.2) is 18.4 Å². The first kappa shape index (κ1) is 15.7. The van der Waals surface area contributed by atoms with Crippen LogP contribution in [0, 0.1) is 6.92 Å². The standard InChI is InChI=1S/C15H15BrN2O2S/c1-10-8-12(16)2-3-13(10)18-14(19)4-6-17-15(20)11-5-7-21-9-11/h2-3,5,7-9H,4,6H2,1H3,(H,17,20)(H,18,19). The molecule has 4 nitrogen and oxygen atoms in total. The summed E-state index contributed by atoms with van der Waals surface area (Å²) >= 11 is 4.85. The average Bonchev–Trinajstić information content (AvgIpc) is 2.96. The highest BCUT2D eigenvalue weighted by Gasteiger charge is 2.08. The Labute approximate surface area is 135 Å². The van der Waals surface area contributed by atoms with Gasteiger partial charge >= 0.3 is 0 Å². The van der Waals surface area contributed by atoms with E-state index >= 15 is 0 Å². The maximum absolute atomic E-state index is 11.8. The predicted molar refractivity (Wildman–Crippen MR) is 88.8 cm³/mol. The van der Waals surface area contributed by atoms with Gasteiger partial charge in [0.05, 0.1) is 0 Å². The van der Waals surface area contributed by atoms with E-state index in [0.29, 0.717) is 12.1 Å². The van der Waals surface area contributed by atoms with Crippen LogP contribution < -0.4 is 10.6 Å². The van der Waals surface area contributed by atoms with Gasteiger partial charge in [0.2, 0.25) is 5.91 Å². The molecule has 0 radical (unpaired) electrons. The molecule has 0 aliphatic carbocycles. The molecule has 2 aromatic rings. The normalized spacial score (nSPS) is 10.2. The molecule has 1 heterocycles. The van der Waals surface area contributed by atoms with E-state index < -0.39 is 0 Å². The SMILES string of the molecule is Cc1cc(Br)ccc1NC(=O)CCNC(=O)c1ccsc1. The molecular weight excluding hydrogens is 352 g/mol. The van der Waals surface area contributed by atoms with Crippen LogP contribution in [0.15, 0.2) is 39.5 Å². The third-order valence-corrected chi connectivity index (χ3v) is 4.06. The molecule has 0 aliphatic rings. The fourth-order valence-electron chi connectivity index (χ4n) is 1.77. The number of nitrogens with one attached hydrogen (secondary N) is 2. The summed E-state index contributed by atoms with van der Waals surface area (Å²) in [4.78, 5) is 23.5. The number of carbonyl (C=O) groups excluding carboxylic acids is 2. The van der Waals surface area contributed by atoms with Gasteiger partial charge in [-0.2, -0.15) is 11.3 Å². The Bertz CT molecular complexity index is 641. The van der Waals surface area contributed by atoms with Gasteiger partial charge in [-0.1, -0.05) is 15.9 Å². The van der Waals surface area contributed by atoms with Crippen molar-refractivity contribution in [1.82, 2.24) is 5.32 Å². The molecule has 0 bridgehead atoms. The lowest BCUT2D eigenvalue weighted by Crippen LogP contribution is -2.27. The van der Waals surface area contributed by atoms with E-state index in [0.717, 1.165) is 15.7 Å². The monoisotopic (exact) mass is 366 g/mol. The first-order valence-electron chi connectivity index (χ1n) is 6.42. The molecule has 6 heteroatoms. The van der Waals surface area contributed by atoms with Gasteiger partial charge in [0, 0.05) is 34.1 Å². The minimum absolute atomic E-state index is 0.119. The molecule has 1 aromatic heterocycles. The Hall–Kier alpha value is -1.66. The Balaban J connectivity index is 1.78. The number of aryl methyl sites for hydroxylation is 1. The minimum Gasteiger partial charge on any atom is -0.351 e. The van der Waals surface area contributed by atoms with Gasteiger partial charge in [0.25, 0.3) is 5.91 Å². The third kappa shape index (κ3) is 4.68. The van der Waals surface area contributed by atoms with Crippen molar-refractivity contribution in [3.8, 4) is 0 Å². The van der Waals surface area contributed by atoms with Gasteiger partial charge < -0.3 is 10.6 Å². The number of carbonyl (C=O) groups is 2. The molecule has 0 atom stereocenters. The molecule has 1 aromatic carbocycles. The Morgan fingerprint density at radius 3 is 2.76 bits per heavy atom. The second-order valence-electron chi connectivity index (χ2n) is 4.53. The van der Waals surface area contributed by atoms with Crippen molar-refractivity contribution in [2.45, 2.75) is 13.3 Å². The molecule has 0 spiro atoms. The summed E-state index contributed by atoms with van der Waals surface area (Å²) < 4.78 is 0.973. The average molecular weight is 367 g/mol. The highest BCUT2D eigenvalue weighted by atomic mass is 79.9. The van der Waals surface area contributed by atoms with Crippen molar-refractivity contribution in [2.24, 2.45) is 0 Å². The molecule has 2 N–H and O–H groups in total. The molecule has 21 heavy (non-hydrogen) atoms. The van der Waals surface area contributed by atoms with Gasteiger partial charge in [0.1, 0.15) is 0 Å². The van der Waals surface area contributed by atoms with Gasteiger partial charge in [-0.05, 0) is 42.1 Å². The summed E-state index contributed by atoms with van der Waals surface area (Å²) in [6.45, 7) is 2.24. The fourth-order valence-corrected chi connectivity index (χ4v) is 2.88. The molecule has 0 saturated heterocycles. The largest absolute Gasteiger partial charge is 0.351 e. The van der Waals surface area contributed by atoms with Gasteiger partial charge in [-0.25, -0.2) is 0 Å². The molecule has 0 unspecified atom stereocenters. The number of thiophene rings is 1. The van der Waals surface area contributed by atoms with Gasteiger partial charge in [-0.3, -0.25) is 9.59 Å². The summed E-state index contributed by atoms with van der Waals surface area (Å²) in [7, 11) is 0. The molecule has 0 fully saturated rings. The highest BCUT2D eigenvalue weighted by Crippen LogP contribution is 2.20. The maximum Gasteiger partial charge on any atom is 0.252 e. The number of hydrogen-bond acceptors (Lipinski definition) is 3. The lowest BCUT2D eigenvalue weighted by Gasteiger charge is -2.09. The lowest BCUT2D eigenvalue weighted by atomic mass is 10.2. The summed E-state index contributed by atoms with van der Waals surface area (Å²) in [6, 6.07) is 7.42. The molecule has 110 valence electrons. The van der Waals surface area contributed by atoms with E-state index in [9.17, 15) is 9.59 Å². The zero-order valence-electron chi connectivity index (χ0n) is 11.5. The van der Waals surface area contributed by atoms with E-state index in [1.54, 1.807) is 11.4 Å². The molecule has 0 saturated carbocycles. The summed E-state index contributed by atoms with van der Waals surface area (Å²) in [5.74, 6) is -0.269. The second-order valence-corrected chi connectivity index (χ2v) is 6.22. The van der Waals surface area contributed by atoms with E-state index in [-0.39, 0.29) is 18.2 Å². The zero-order valence-corrected chi connectivity index (χ0v) is 13.9. The van der Waals surface area contributed by atoms with Crippen LogP contribution >= 0.6 is 27.3 Å². The van der Waals surface area contributed by atoms with Crippen molar-refractivity contribution >= 4 is 44.8 Å². The van der Waals surface area contributed by atoms with Crippen LogP contribution in [-0.2, 0) is 4.79 Å². The summed E-state index contributed by atoms with van der Waals surface area (Å²) in [5, 5.41) is 9.19. The van der Waals surface area contributed by atoms with Crippen LogP contribution in [0.1, 0.15) is 22.3 Å². The maximum atomic E-state index is 11.8. The first-order chi connectivity index (χ1) is 10.1. The van der Waals surface area contributed by atoms with Gasteiger partial charge in [-0.15, -0.1) is 0 Å². The fraction of sp³-hybridized carbons (Fsp3) is 0.200. The zero-order chi connectivity index (χ0) is 15.2. The second kappa shape index (κ2) is 7.38. The lowest BCUT2D eigenvalue weighted by molar-refractivity contribution is -0.116. The molecule has 2 amide bonds. The van der Waals surface area contributed by atoms with Crippen molar-refractivity contribution in [1.29, 1.82) is 0 Å². The minimum atomic E-state index is -0.149. The van der Waals surface area contributed by atoms with Crippen molar-refractivity contribution < 1.29 is 9.59 Å². The van der Waals surface area contributed by atoms with Gasteiger partial charge in [0.15, 0.2) is 0 Å². The van der Waals surface area contributed by atoms with E-state index in [1.807, 2.05) is 30.5 Å². The topological polar surface area (TPSA) is 58.2 Å².